The standard InChI is InChI=1S/C29H32N6O4/c1-30-29(37)28-21(16-32-33-28)17-35(12-11-20-15-31-25-14-22(39-2)6-8-23(20)25)26-9-5-19-13-18(3-7-24(19)26)4-10-27(36)34-38/h3-4,6-8,10,13-16,26,31,38H,5,9,11-12,17H2,1-2H3,(H,30,37)(H,32,33)(H,34,36)/b10-4+. The van der Waals surface area contributed by atoms with E-state index in [1.165, 1.54) is 28.2 Å². The molecule has 2 aromatic heterocycles. The molecule has 1 aliphatic carbocycles. The van der Waals surface area contributed by atoms with Gasteiger partial charge in [-0.3, -0.25) is 24.8 Å². The second-order valence-electron chi connectivity index (χ2n) is 9.62. The predicted molar refractivity (Wildman–Crippen MR) is 147 cm³/mol. The van der Waals surface area contributed by atoms with Crippen LogP contribution in [0, 0.1) is 0 Å². The number of fused-ring (bicyclic) bond motifs is 2. The van der Waals surface area contributed by atoms with Gasteiger partial charge in [-0.1, -0.05) is 18.2 Å². The van der Waals surface area contributed by atoms with Crippen LogP contribution >= 0.6 is 0 Å². The molecule has 1 atom stereocenters. The van der Waals surface area contributed by atoms with Gasteiger partial charge >= 0.3 is 0 Å². The fourth-order valence-corrected chi connectivity index (χ4v) is 5.39. The van der Waals surface area contributed by atoms with Crippen LogP contribution in [0.25, 0.3) is 17.0 Å². The van der Waals surface area contributed by atoms with Gasteiger partial charge in [-0.2, -0.15) is 5.10 Å². The molecule has 10 heteroatoms. The van der Waals surface area contributed by atoms with Crippen molar-refractivity contribution in [1.82, 2.24) is 30.9 Å². The minimum atomic E-state index is -0.567. The van der Waals surface area contributed by atoms with Gasteiger partial charge in [0.05, 0.1) is 13.3 Å². The number of rotatable bonds is 10. The summed E-state index contributed by atoms with van der Waals surface area (Å²) in [6, 6.07) is 12.4. The summed E-state index contributed by atoms with van der Waals surface area (Å²) in [5.74, 6) is 0.0541. The Morgan fingerprint density at radius 2 is 2.10 bits per heavy atom. The molecule has 0 bridgehead atoms. The van der Waals surface area contributed by atoms with E-state index in [0.29, 0.717) is 12.2 Å². The summed E-state index contributed by atoms with van der Waals surface area (Å²) in [6.07, 6.45) is 9.44. The van der Waals surface area contributed by atoms with Crippen molar-refractivity contribution < 1.29 is 19.5 Å². The number of aromatic nitrogens is 3. The molecule has 39 heavy (non-hydrogen) atoms. The number of hydroxylamine groups is 1. The first kappa shape index (κ1) is 26.2. The largest absolute Gasteiger partial charge is 0.497 e. The van der Waals surface area contributed by atoms with Gasteiger partial charge in [0.25, 0.3) is 11.8 Å². The van der Waals surface area contributed by atoms with Crippen LogP contribution in [-0.2, 0) is 24.2 Å². The van der Waals surface area contributed by atoms with E-state index in [9.17, 15) is 9.59 Å². The smallest absolute Gasteiger partial charge is 0.269 e. The number of carbonyl (C=O) groups is 2. The van der Waals surface area contributed by atoms with Gasteiger partial charge in [-0.05, 0) is 59.7 Å². The number of benzene rings is 2. The topological polar surface area (TPSA) is 135 Å². The summed E-state index contributed by atoms with van der Waals surface area (Å²) < 4.78 is 5.37. The van der Waals surface area contributed by atoms with Crippen LogP contribution in [0.1, 0.15) is 50.8 Å². The molecular formula is C29H32N6O4. The number of hydrogen-bond acceptors (Lipinski definition) is 6. The average molecular weight is 529 g/mol. The van der Waals surface area contributed by atoms with Crippen molar-refractivity contribution in [3.05, 3.63) is 88.4 Å². The first-order valence-electron chi connectivity index (χ1n) is 12.9. The average Bonchev–Trinajstić information content (AvgIpc) is 3.71. The Morgan fingerprint density at radius 3 is 2.90 bits per heavy atom. The Kier molecular flexibility index (Phi) is 7.76. The van der Waals surface area contributed by atoms with Crippen LogP contribution in [0.5, 0.6) is 5.75 Å². The molecule has 0 aliphatic heterocycles. The van der Waals surface area contributed by atoms with Crippen molar-refractivity contribution in [2.75, 3.05) is 20.7 Å². The van der Waals surface area contributed by atoms with Gasteiger partial charge in [0.15, 0.2) is 0 Å². The Morgan fingerprint density at radius 1 is 1.23 bits per heavy atom. The summed E-state index contributed by atoms with van der Waals surface area (Å²) >= 11 is 0. The maximum Gasteiger partial charge on any atom is 0.269 e. The van der Waals surface area contributed by atoms with Gasteiger partial charge in [0.2, 0.25) is 0 Å². The second-order valence-corrected chi connectivity index (χ2v) is 9.62. The molecule has 2 heterocycles. The van der Waals surface area contributed by atoms with Crippen LogP contribution < -0.4 is 15.5 Å². The van der Waals surface area contributed by atoms with Crippen molar-refractivity contribution in [2.45, 2.75) is 31.8 Å². The maximum absolute atomic E-state index is 12.4. The van der Waals surface area contributed by atoms with E-state index < -0.39 is 5.91 Å². The van der Waals surface area contributed by atoms with Crippen molar-refractivity contribution in [3.8, 4) is 5.75 Å². The van der Waals surface area contributed by atoms with Gasteiger partial charge < -0.3 is 15.0 Å². The maximum atomic E-state index is 12.4. The third kappa shape index (κ3) is 5.57. The van der Waals surface area contributed by atoms with Crippen LogP contribution in [0.15, 0.2) is 54.9 Å². The zero-order valence-electron chi connectivity index (χ0n) is 22.0. The number of carbonyl (C=O) groups excluding carboxylic acids is 2. The number of aromatic amines is 2. The lowest BCUT2D eigenvalue weighted by molar-refractivity contribution is -0.124. The van der Waals surface area contributed by atoms with Crippen molar-refractivity contribution >= 4 is 28.8 Å². The normalized spacial score (nSPS) is 14.7. The van der Waals surface area contributed by atoms with Gasteiger partial charge in [-0.25, -0.2) is 5.48 Å². The van der Waals surface area contributed by atoms with Crippen molar-refractivity contribution in [1.29, 1.82) is 0 Å². The zero-order chi connectivity index (χ0) is 27.4. The molecule has 1 unspecified atom stereocenters. The number of aryl methyl sites for hydroxylation is 1. The molecule has 0 fully saturated rings. The highest BCUT2D eigenvalue weighted by atomic mass is 16.5. The number of amides is 2. The molecule has 0 radical (unpaired) electrons. The summed E-state index contributed by atoms with van der Waals surface area (Å²) in [7, 11) is 3.27. The number of ether oxygens (including phenoxy) is 1. The van der Waals surface area contributed by atoms with E-state index >= 15 is 0 Å². The minimum Gasteiger partial charge on any atom is -0.497 e. The molecule has 4 aromatic rings. The Labute approximate surface area is 226 Å². The number of H-pyrrole nitrogens is 2. The molecule has 2 aromatic carbocycles. The molecule has 0 spiro atoms. The number of methoxy groups -OCH3 is 1. The highest BCUT2D eigenvalue weighted by Crippen LogP contribution is 2.38. The lowest BCUT2D eigenvalue weighted by Crippen LogP contribution is -2.30. The van der Waals surface area contributed by atoms with Gasteiger partial charge in [0, 0.05) is 61.0 Å². The van der Waals surface area contributed by atoms with Crippen LogP contribution in [0.2, 0.25) is 0 Å². The highest BCUT2D eigenvalue weighted by molar-refractivity contribution is 5.93. The fourth-order valence-electron chi connectivity index (χ4n) is 5.39. The zero-order valence-corrected chi connectivity index (χ0v) is 22.0. The van der Waals surface area contributed by atoms with E-state index in [0.717, 1.165) is 48.2 Å². The third-order valence-electron chi connectivity index (χ3n) is 7.38. The molecule has 5 rings (SSSR count). The Hall–Kier alpha value is -4.41. The first-order valence-corrected chi connectivity index (χ1v) is 12.9. The lowest BCUT2D eigenvalue weighted by Gasteiger charge is -2.30. The van der Waals surface area contributed by atoms with E-state index in [2.05, 4.69) is 49.8 Å². The van der Waals surface area contributed by atoms with E-state index in [-0.39, 0.29) is 11.9 Å². The van der Waals surface area contributed by atoms with Crippen molar-refractivity contribution in [3.63, 3.8) is 0 Å². The molecule has 10 nitrogen and oxygen atoms in total. The fraction of sp³-hybridized carbons (Fsp3) is 0.276. The quantitative estimate of drug-likeness (QED) is 0.121. The first-order chi connectivity index (χ1) is 19.0. The monoisotopic (exact) mass is 528 g/mol. The van der Waals surface area contributed by atoms with E-state index in [1.807, 2.05) is 18.2 Å². The van der Waals surface area contributed by atoms with Crippen LogP contribution in [0.4, 0.5) is 0 Å². The summed E-state index contributed by atoms with van der Waals surface area (Å²) in [4.78, 5) is 29.6. The van der Waals surface area contributed by atoms with Crippen molar-refractivity contribution in [2.24, 2.45) is 0 Å². The van der Waals surface area contributed by atoms with Crippen LogP contribution in [0.3, 0.4) is 0 Å². The lowest BCUT2D eigenvalue weighted by atomic mass is 10.0. The molecular weight excluding hydrogens is 496 g/mol. The molecule has 1 aliphatic rings. The number of nitrogens with zero attached hydrogens (tertiary/aromatic N) is 2. The second kappa shape index (κ2) is 11.5. The molecule has 0 saturated heterocycles. The van der Waals surface area contributed by atoms with Gasteiger partial charge in [-0.15, -0.1) is 0 Å². The molecule has 5 N–H and O–H groups in total. The summed E-state index contributed by atoms with van der Waals surface area (Å²) in [6.45, 7) is 1.34. The highest BCUT2D eigenvalue weighted by Gasteiger charge is 2.29. The molecule has 2 amide bonds. The molecule has 0 saturated carbocycles. The van der Waals surface area contributed by atoms with E-state index in [4.69, 9.17) is 9.94 Å². The summed E-state index contributed by atoms with van der Waals surface area (Å²) in [5, 5.41) is 19.6. The predicted octanol–water partition coefficient (Wildman–Crippen LogP) is 3.51. The van der Waals surface area contributed by atoms with E-state index in [1.54, 1.807) is 31.9 Å². The van der Waals surface area contributed by atoms with Gasteiger partial charge in [0.1, 0.15) is 11.4 Å². The number of nitrogens with one attached hydrogen (secondary N) is 4. The molecule has 202 valence electrons. The SMILES string of the molecule is CNC(=O)c1[nH]ncc1CN(CCc1c[nH]c2cc(OC)ccc12)C1CCc2cc(/C=C/C(=O)NO)ccc21. The number of hydrogen-bond donors (Lipinski definition) is 5. The minimum absolute atomic E-state index is 0.163. The Bertz CT molecular complexity index is 1520. The Balaban J connectivity index is 1.42. The van der Waals surface area contributed by atoms with Crippen LogP contribution in [-0.4, -0.2) is 57.8 Å². The third-order valence-corrected chi connectivity index (χ3v) is 7.38. The summed E-state index contributed by atoms with van der Waals surface area (Å²) in [5.41, 5.74) is 8.56.